The average Bonchev–Trinajstić information content (AvgIpc) is 2.85. The molecule has 0 spiro atoms. The average molecular weight is 276 g/mol. The molecule has 0 bridgehead atoms. The molecule has 1 aromatic heterocycles. The number of anilines is 1. The summed E-state index contributed by atoms with van der Waals surface area (Å²) >= 11 is 5.02. The summed E-state index contributed by atoms with van der Waals surface area (Å²) < 4.78 is 0. The minimum absolute atomic E-state index is 0.369. The van der Waals surface area contributed by atoms with Gasteiger partial charge in [0.25, 0.3) is 0 Å². The molecule has 0 amide bonds. The van der Waals surface area contributed by atoms with Gasteiger partial charge >= 0.3 is 0 Å². The van der Waals surface area contributed by atoms with Crippen molar-refractivity contribution in [3.8, 4) is 0 Å². The van der Waals surface area contributed by atoms with Crippen molar-refractivity contribution in [2.24, 2.45) is 5.73 Å². The fraction of sp³-hybridized carbons (Fsp3) is 0.571. The predicted molar refractivity (Wildman–Crippen MR) is 81.5 cm³/mol. The van der Waals surface area contributed by atoms with Gasteiger partial charge in [-0.3, -0.25) is 9.88 Å². The molecular weight excluding hydrogens is 256 g/mol. The zero-order valence-corrected chi connectivity index (χ0v) is 12.1. The number of hydrogen-bond donors (Lipinski definition) is 1. The third-order valence-electron chi connectivity index (χ3n) is 4.26. The Morgan fingerprint density at radius 3 is 3.11 bits per heavy atom. The molecule has 2 N–H and O–H groups in total. The van der Waals surface area contributed by atoms with Crippen LogP contribution >= 0.6 is 12.2 Å². The van der Waals surface area contributed by atoms with Crippen LogP contribution < -0.4 is 10.6 Å². The highest BCUT2D eigenvalue weighted by molar-refractivity contribution is 7.80. The summed E-state index contributed by atoms with van der Waals surface area (Å²) in [5, 5.41) is 0. The van der Waals surface area contributed by atoms with E-state index in [-0.39, 0.29) is 0 Å². The summed E-state index contributed by atoms with van der Waals surface area (Å²) in [6, 6.07) is 5.31. The molecule has 3 heterocycles. The minimum atomic E-state index is 0.369. The normalized spacial score (nSPS) is 27.3. The lowest BCUT2D eigenvalue weighted by Gasteiger charge is -2.43. The molecule has 2 atom stereocenters. The third-order valence-corrected chi connectivity index (χ3v) is 4.47. The number of hydrogen-bond acceptors (Lipinski definition) is 4. The van der Waals surface area contributed by atoms with Crippen LogP contribution in [0.5, 0.6) is 0 Å². The molecule has 5 heteroatoms. The first-order valence-corrected chi connectivity index (χ1v) is 7.32. The lowest BCUT2D eigenvalue weighted by atomic mass is 10.1. The smallest absolute Gasteiger partial charge is 0.122 e. The van der Waals surface area contributed by atoms with Gasteiger partial charge in [0, 0.05) is 37.1 Å². The van der Waals surface area contributed by atoms with E-state index in [4.69, 9.17) is 18.0 Å². The molecule has 4 nitrogen and oxygen atoms in total. The second-order valence-corrected chi connectivity index (χ2v) is 6.00. The van der Waals surface area contributed by atoms with E-state index in [1.165, 1.54) is 25.1 Å². The quantitative estimate of drug-likeness (QED) is 0.827. The van der Waals surface area contributed by atoms with Crippen LogP contribution in [0.3, 0.4) is 0 Å². The topological polar surface area (TPSA) is 45.4 Å². The molecule has 0 saturated carbocycles. The summed E-state index contributed by atoms with van der Waals surface area (Å²) in [6.07, 6.45) is 4.45. The van der Waals surface area contributed by atoms with Crippen LogP contribution in [0.2, 0.25) is 0 Å². The molecule has 3 rings (SSSR count). The maximum Gasteiger partial charge on any atom is 0.122 e. The first kappa shape index (κ1) is 12.8. The van der Waals surface area contributed by atoms with Gasteiger partial charge in [0.05, 0.1) is 5.69 Å². The van der Waals surface area contributed by atoms with Gasteiger partial charge in [-0.25, -0.2) is 0 Å². The number of nitrogens with two attached hydrogens (primary N) is 1. The highest BCUT2D eigenvalue weighted by Gasteiger charge is 2.34. The standard InChI is InChI=1S/C14H20N4S/c1-10-8-17-6-2-3-12(17)9-18(10)11-4-5-16-13(7-11)14(15)19/h4-5,7,10,12H,2-3,6,8-9H2,1H3,(H2,15,19). The summed E-state index contributed by atoms with van der Waals surface area (Å²) in [5.74, 6) is 0. The Labute approximate surface area is 119 Å². The summed E-state index contributed by atoms with van der Waals surface area (Å²) in [5.41, 5.74) is 7.58. The third kappa shape index (κ3) is 2.44. The summed E-state index contributed by atoms with van der Waals surface area (Å²) in [6.45, 7) is 5.80. The number of pyridine rings is 1. The van der Waals surface area contributed by atoms with Crippen molar-refractivity contribution in [3.63, 3.8) is 0 Å². The van der Waals surface area contributed by atoms with Crippen molar-refractivity contribution in [2.45, 2.75) is 31.8 Å². The zero-order valence-electron chi connectivity index (χ0n) is 11.2. The second kappa shape index (κ2) is 5.06. The first-order valence-electron chi connectivity index (χ1n) is 6.91. The van der Waals surface area contributed by atoms with Crippen LogP contribution in [-0.4, -0.2) is 46.6 Å². The number of thiocarbonyl (C=S) groups is 1. The lowest BCUT2D eigenvalue weighted by Crippen LogP contribution is -2.55. The van der Waals surface area contributed by atoms with Crippen LogP contribution in [-0.2, 0) is 0 Å². The molecule has 0 aliphatic carbocycles. The van der Waals surface area contributed by atoms with Crippen LogP contribution in [0.4, 0.5) is 5.69 Å². The van der Waals surface area contributed by atoms with Crippen LogP contribution in [0, 0.1) is 0 Å². The zero-order chi connectivity index (χ0) is 13.4. The van der Waals surface area contributed by atoms with E-state index in [1.807, 2.05) is 6.07 Å². The van der Waals surface area contributed by atoms with Crippen LogP contribution in [0.15, 0.2) is 18.3 Å². The molecule has 0 radical (unpaired) electrons. The fourth-order valence-corrected chi connectivity index (χ4v) is 3.39. The van der Waals surface area contributed by atoms with Gasteiger partial charge in [-0.1, -0.05) is 12.2 Å². The van der Waals surface area contributed by atoms with Crippen LogP contribution in [0.25, 0.3) is 0 Å². The predicted octanol–water partition coefficient (Wildman–Crippen LogP) is 1.39. The Bertz CT molecular complexity index is 490. The van der Waals surface area contributed by atoms with Gasteiger partial charge in [0.2, 0.25) is 0 Å². The highest BCUT2D eigenvalue weighted by atomic mass is 32.1. The van der Waals surface area contributed by atoms with Gasteiger partial charge in [-0.2, -0.15) is 0 Å². The molecule has 0 aromatic carbocycles. The van der Waals surface area contributed by atoms with Crippen molar-refractivity contribution in [1.29, 1.82) is 0 Å². The second-order valence-electron chi connectivity index (χ2n) is 5.56. The first-order chi connectivity index (χ1) is 9.15. The molecule has 1 aromatic rings. The van der Waals surface area contributed by atoms with Gasteiger partial charge in [0.15, 0.2) is 0 Å². The minimum Gasteiger partial charge on any atom is -0.388 e. The van der Waals surface area contributed by atoms with Crippen LogP contribution in [0.1, 0.15) is 25.5 Å². The Kier molecular flexibility index (Phi) is 3.41. The van der Waals surface area contributed by atoms with Gasteiger partial charge in [-0.05, 0) is 38.4 Å². The largest absolute Gasteiger partial charge is 0.388 e. The van der Waals surface area contributed by atoms with Gasteiger partial charge in [0.1, 0.15) is 4.99 Å². The van der Waals surface area contributed by atoms with E-state index in [9.17, 15) is 0 Å². The number of piperazine rings is 1. The van der Waals surface area contributed by atoms with Crippen molar-refractivity contribution in [2.75, 3.05) is 24.5 Å². The van der Waals surface area contributed by atoms with Crippen molar-refractivity contribution >= 4 is 22.9 Å². The summed E-state index contributed by atoms with van der Waals surface area (Å²) in [7, 11) is 0. The van der Waals surface area contributed by atoms with E-state index in [2.05, 4.69) is 27.8 Å². The number of rotatable bonds is 2. The molecule has 2 fully saturated rings. The SMILES string of the molecule is CC1CN2CCCC2CN1c1ccnc(C(N)=S)c1. The van der Waals surface area contributed by atoms with Crippen molar-refractivity contribution < 1.29 is 0 Å². The molecular formula is C14H20N4S. The Balaban J connectivity index is 1.84. The maximum atomic E-state index is 5.67. The number of fused-ring (bicyclic) bond motifs is 1. The molecule has 2 aliphatic heterocycles. The monoisotopic (exact) mass is 276 g/mol. The highest BCUT2D eigenvalue weighted by Crippen LogP contribution is 2.28. The van der Waals surface area contributed by atoms with E-state index in [0.717, 1.165) is 13.1 Å². The Morgan fingerprint density at radius 1 is 1.47 bits per heavy atom. The number of nitrogens with zero attached hydrogens (tertiary/aromatic N) is 3. The van der Waals surface area contributed by atoms with Gasteiger partial charge in [-0.15, -0.1) is 0 Å². The molecule has 2 aliphatic rings. The summed E-state index contributed by atoms with van der Waals surface area (Å²) in [4.78, 5) is 9.68. The fourth-order valence-electron chi connectivity index (χ4n) is 3.28. The van der Waals surface area contributed by atoms with Crippen molar-refractivity contribution in [1.82, 2.24) is 9.88 Å². The van der Waals surface area contributed by atoms with E-state index < -0.39 is 0 Å². The maximum absolute atomic E-state index is 5.67. The van der Waals surface area contributed by atoms with E-state index in [0.29, 0.717) is 22.8 Å². The molecule has 2 unspecified atom stereocenters. The molecule has 19 heavy (non-hydrogen) atoms. The Hall–Kier alpha value is -1.20. The van der Waals surface area contributed by atoms with Crippen molar-refractivity contribution in [3.05, 3.63) is 24.0 Å². The van der Waals surface area contributed by atoms with E-state index >= 15 is 0 Å². The Morgan fingerprint density at radius 2 is 2.32 bits per heavy atom. The lowest BCUT2D eigenvalue weighted by molar-refractivity contribution is 0.203. The molecule has 102 valence electrons. The van der Waals surface area contributed by atoms with E-state index in [1.54, 1.807) is 6.20 Å². The molecule has 2 saturated heterocycles. The number of aromatic nitrogens is 1. The van der Waals surface area contributed by atoms with Gasteiger partial charge < -0.3 is 10.6 Å².